The summed E-state index contributed by atoms with van der Waals surface area (Å²) in [6.07, 6.45) is 4.59. The Morgan fingerprint density at radius 1 is 1.56 bits per heavy atom. The predicted octanol–water partition coefficient (Wildman–Crippen LogP) is 1.08. The van der Waals surface area contributed by atoms with E-state index in [0.717, 1.165) is 19.3 Å². The Labute approximate surface area is 107 Å². The quantitative estimate of drug-likeness (QED) is 0.452. The maximum atomic E-state index is 12.3. The number of hydrogen-bond acceptors (Lipinski definition) is 4. The van der Waals surface area contributed by atoms with Crippen LogP contribution in [0.5, 0.6) is 0 Å². The van der Waals surface area contributed by atoms with Crippen molar-refractivity contribution in [2.24, 2.45) is 11.8 Å². The SMILES string of the molecule is CC1=CC2C(=O)[C@]3(CO3)C1CC2OCCCCO. The molecule has 1 heterocycles. The molecular formula is C14H20O4. The van der Waals surface area contributed by atoms with Gasteiger partial charge in [0, 0.05) is 19.1 Å². The fourth-order valence-corrected chi connectivity index (χ4v) is 3.37. The van der Waals surface area contributed by atoms with E-state index in [1.807, 2.05) is 0 Å². The Hall–Kier alpha value is -0.710. The zero-order valence-corrected chi connectivity index (χ0v) is 10.7. The van der Waals surface area contributed by atoms with Crippen LogP contribution >= 0.6 is 0 Å². The van der Waals surface area contributed by atoms with Crippen molar-refractivity contribution in [3.05, 3.63) is 11.6 Å². The van der Waals surface area contributed by atoms with Crippen molar-refractivity contribution in [2.75, 3.05) is 19.8 Å². The van der Waals surface area contributed by atoms with Crippen molar-refractivity contribution in [1.29, 1.82) is 0 Å². The zero-order valence-electron chi connectivity index (χ0n) is 10.7. The minimum atomic E-state index is -0.478. The Morgan fingerprint density at radius 3 is 3.00 bits per heavy atom. The number of unbranched alkanes of at least 4 members (excludes halogenated alkanes) is 1. The van der Waals surface area contributed by atoms with E-state index in [1.165, 1.54) is 5.57 Å². The molecule has 1 saturated heterocycles. The van der Waals surface area contributed by atoms with E-state index in [4.69, 9.17) is 14.6 Å². The number of ketones is 1. The van der Waals surface area contributed by atoms with Crippen molar-refractivity contribution in [2.45, 2.75) is 37.9 Å². The highest BCUT2D eigenvalue weighted by atomic mass is 16.6. The van der Waals surface area contributed by atoms with Crippen LogP contribution in [0.15, 0.2) is 11.6 Å². The lowest BCUT2D eigenvalue weighted by atomic mass is 9.63. The molecule has 4 rings (SSSR count). The number of aliphatic hydroxyl groups is 1. The van der Waals surface area contributed by atoms with E-state index in [9.17, 15) is 4.79 Å². The van der Waals surface area contributed by atoms with Crippen molar-refractivity contribution in [3.63, 3.8) is 0 Å². The lowest BCUT2D eigenvalue weighted by Gasteiger charge is -2.43. The smallest absolute Gasteiger partial charge is 0.177 e. The molecule has 1 aliphatic heterocycles. The summed E-state index contributed by atoms with van der Waals surface area (Å²) >= 11 is 0. The number of fused-ring (bicyclic) bond motifs is 1. The molecule has 0 amide bonds. The minimum Gasteiger partial charge on any atom is -0.396 e. The first-order valence-electron chi connectivity index (χ1n) is 6.78. The van der Waals surface area contributed by atoms with E-state index < -0.39 is 5.60 Å². The third kappa shape index (κ3) is 1.75. The van der Waals surface area contributed by atoms with Crippen LogP contribution in [0.3, 0.4) is 0 Å². The maximum absolute atomic E-state index is 12.3. The summed E-state index contributed by atoms with van der Waals surface area (Å²) in [4.78, 5) is 12.3. The molecular weight excluding hydrogens is 232 g/mol. The molecule has 4 heteroatoms. The monoisotopic (exact) mass is 252 g/mol. The highest BCUT2D eigenvalue weighted by Crippen LogP contribution is 2.53. The van der Waals surface area contributed by atoms with Crippen LogP contribution in [0.25, 0.3) is 0 Å². The summed E-state index contributed by atoms with van der Waals surface area (Å²) < 4.78 is 11.3. The number of rotatable bonds is 5. The molecule has 0 aromatic carbocycles. The summed E-state index contributed by atoms with van der Waals surface area (Å²) in [5.74, 6) is 0.320. The van der Waals surface area contributed by atoms with Crippen molar-refractivity contribution >= 4 is 5.78 Å². The summed E-state index contributed by atoms with van der Waals surface area (Å²) in [6, 6.07) is 0. The Balaban J connectivity index is 1.65. The van der Waals surface area contributed by atoms with Gasteiger partial charge in [0.2, 0.25) is 0 Å². The zero-order chi connectivity index (χ0) is 12.8. The molecule has 4 nitrogen and oxygen atoms in total. The Morgan fingerprint density at radius 2 is 2.33 bits per heavy atom. The van der Waals surface area contributed by atoms with Gasteiger partial charge in [0.15, 0.2) is 11.4 Å². The highest BCUT2D eigenvalue weighted by molar-refractivity contribution is 5.96. The average Bonchev–Trinajstić information content (AvgIpc) is 3.14. The predicted molar refractivity (Wildman–Crippen MR) is 65.1 cm³/mol. The summed E-state index contributed by atoms with van der Waals surface area (Å²) in [6.45, 7) is 3.52. The molecule has 3 aliphatic carbocycles. The number of Topliss-reactive ketones (excluding diaryl/α,β-unsaturated/α-hetero) is 1. The summed E-state index contributed by atoms with van der Waals surface area (Å²) in [5, 5.41) is 8.73. The van der Waals surface area contributed by atoms with Crippen LogP contribution in [0.2, 0.25) is 0 Å². The number of ether oxygens (including phenoxy) is 2. The minimum absolute atomic E-state index is 0.0136. The fraction of sp³-hybridized carbons (Fsp3) is 0.786. The molecule has 2 fully saturated rings. The molecule has 4 aliphatic rings. The fourth-order valence-electron chi connectivity index (χ4n) is 3.37. The van der Waals surface area contributed by atoms with Crippen LogP contribution in [-0.2, 0) is 14.3 Å². The number of hydrogen-bond donors (Lipinski definition) is 1. The first-order chi connectivity index (χ1) is 8.69. The number of epoxide rings is 1. The molecule has 4 atom stereocenters. The van der Waals surface area contributed by atoms with Gasteiger partial charge in [0.05, 0.1) is 18.6 Å². The van der Waals surface area contributed by atoms with Crippen molar-refractivity contribution in [3.8, 4) is 0 Å². The normalized spacial score (nSPS) is 41.3. The third-order valence-electron chi connectivity index (χ3n) is 4.48. The second-order valence-electron chi connectivity index (χ2n) is 5.61. The number of carbonyl (C=O) groups is 1. The molecule has 0 aromatic rings. The summed E-state index contributed by atoms with van der Waals surface area (Å²) in [5.41, 5.74) is 0.807. The molecule has 3 unspecified atom stereocenters. The summed E-state index contributed by atoms with van der Waals surface area (Å²) in [7, 11) is 0. The average molecular weight is 252 g/mol. The van der Waals surface area contributed by atoms with E-state index >= 15 is 0 Å². The highest BCUT2D eigenvalue weighted by Gasteiger charge is 2.66. The van der Waals surface area contributed by atoms with Crippen LogP contribution in [-0.4, -0.2) is 42.4 Å². The molecule has 100 valence electrons. The van der Waals surface area contributed by atoms with Gasteiger partial charge in [0.25, 0.3) is 0 Å². The second kappa shape index (κ2) is 4.44. The molecule has 18 heavy (non-hydrogen) atoms. The molecule has 1 saturated carbocycles. The maximum Gasteiger partial charge on any atom is 0.177 e. The molecule has 2 bridgehead atoms. The van der Waals surface area contributed by atoms with Gasteiger partial charge in [-0.15, -0.1) is 0 Å². The van der Waals surface area contributed by atoms with Crippen LogP contribution in [0.1, 0.15) is 26.2 Å². The van der Waals surface area contributed by atoms with Crippen LogP contribution < -0.4 is 0 Å². The van der Waals surface area contributed by atoms with Gasteiger partial charge >= 0.3 is 0 Å². The van der Waals surface area contributed by atoms with Crippen LogP contribution in [0.4, 0.5) is 0 Å². The van der Waals surface area contributed by atoms with Gasteiger partial charge in [-0.05, 0) is 26.2 Å². The van der Waals surface area contributed by atoms with Gasteiger partial charge in [-0.2, -0.15) is 0 Å². The Bertz CT molecular complexity index is 383. The molecule has 0 radical (unpaired) electrons. The van der Waals surface area contributed by atoms with Gasteiger partial charge < -0.3 is 14.6 Å². The largest absolute Gasteiger partial charge is 0.396 e. The Kier molecular flexibility index (Phi) is 3.04. The number of carbonyl (C=O) groups excluding carboxylic acids is 1. The van der Waals surface area contributed by atoms with E-state index in [2.05, 4.69) is 13.0 Å². The van der Waals surface area contributed by atoms with Crippen LogP contribution in [0, 0.1) is 11.8 Å². The van der Waals surface area contributed by atoms with Gasteiger partial charge in [-0.25, -0.2) is 0 Å². The topological polar surface area (TPSA) is 59.1 Å². The van der Waals surface area contributed by atoms with E-state index in [-0.39, 0.29) is 30.3 Å². The van der Waals surface area contributed by atoms with Gasteiger partial charge in [-0.3, -0.25) is 4.79 Å². The van der Waals surface area contributed by atoms with Gasteiger partial charge in [0.1, 0.15) is 0 Å². The lowest BCUT2D eigenvalue weighted by Crippen LogP contribution is -2.53. The van der Waals surface area contributed by atoms with Crippen molar-refractivity contribution in [1.82, 2.24) is 0 Å². The number of aliphatic hydroxyl groups excluding tert-OH is 1. The standard InChI is InChI=1S/C14H20O4/c1-9-6-10-12(17-5-3-2-4-15)7-11(9)14(8-18-14)13(10)16/h6,10-12,15H,2-5,7-8H2,1H3/t10?,11?,12?,14-/m0/s1. The van der Waals surface area contributed by atoms with Crippen molar-refractivity contribution < 1.29 is 19.4 Å². The second-order valence-corrected chi connectivity index (χ2v) is 5.61. The lowest BCUT2D eigenvalue weighted by molar-refractivity contribution is -0.141. The first kappa shape index (κ1) is 12.3. The van der Waals surface area contributed by atoms with E-state index in [0.29, 0.717) is 13.2 Å². The molecule has 1 N–H and O–H groups in total. The first-order valence-corrected chi connectivity index (χ1v) is 6.78. The van der Waals surface area contributed by atoms with E-state index in [1.54, 1.807) is 0 Å². The molecule has 0 aromatic heterocycles. The third-order valence-corrected chi connectivity index (χ3v) is 4.48. The molecule has 1 spiro atoms. The van der Waals surface area contributed by atoms with Gasteiger partial charge in [-0.1, -0.05) is 11.6 Å².